The van der Waals surface area contributed by atoms with E-state index >= 15 is 0 Å². The van der Waals surface area contributed by atoms with Crippen LogP contribution in [0.2, 0.25) is 0 Å². The van der Waals surface area contributed by atoms with E-state index in [1.165, 1.54) is 27.5 Å². The van der Waals surface area contributed by atoms with E-state index in [4.69, 9.17) is 0 Å². The average molecular weight is 260 g/mol. The van der Waals surface area contributed by atoms with Gasteiger partial charge in [-0.05, 0) is 53.1 Å². The van der Waals surface area contributed by atoms with Gasteiger partial charge in [-0.15, -0.1) is 0 Å². The molecule has 0 aromatic heterocycles. The van der Waals surface area contributed by atoms with Gasteiger partial charge in [0, 0.05) is 3.57 Å². The monoisotopic (exact) mass is 260 g/mol. The van der Waals surface area contributed by atoms with Crippen LogP contribution in [-0.4, -0.2) is 0 Å². The highest BCUT2D eigenvalue weighted by Crippen LogP contribution is 2.14. The second kappa shape index (κ2) is 4.10. The molecule has 0 spiro atoms. The fourth-order valence-electron chi connectivity index (χ4n) is 1.08. The van der Waals surface area contributed by atoms with Crippen LogP contribution in [0.5, 0.6) is 0 Å². The van der Waals surface area contributed by atoms with Crippen molar-refractivity contribution in [1.29, 1.82) is 0 Å². The fraction of sp³-hybridized carbons (Fsp3) is 0.400. The van der Waals surface area contributed by atoms with Crippen LogP contribution in [0, 0.1) is 10.5 Å². The topological polar surface area (TPSA) is 0 Å². The molecule has 0 aliphatic rings. The molecule has 0 aliphatic carbocycles. The van der Waals surface area contributed by atoms with Crippen LogP contribution >= 0.6 is 22.6 Å². The minimum Gasteiger partial charge on any atom is -0.0651 e. The maximum atomic E-state index is 2.39. The van der Waals surface area contributed by atoms with E-state index in [0.29, 0.717) is 0 Å². The normalized spacial score (nSPS) is 10.1. The van der Waals surface area contributed by atoms with Gasteiger partial charge in [-0.1, -0.05) is 25.5 Å². The molecule has 0 radical (unpaired) electrons. The molecule has 11 heavy (non-hydrogen) atoms. The van der Waals surface area contributed by atoms with Crippen molar-refractivity contribution >= 4 is 22.6 Å². The highest BCUT2D eigenvalue weighted by Gasteiger charge is 1.95. The van der Waals surface area contributed by atoms with Gasteiger partial charge in [0.2, 0.25) is 0 Å². The Labute approximate surface area is 82.2 Å². The van der Waals surface area contributed by atoms with E-state index in [1.54, 1.807) is 0 Å². The average Bonchev–Trinajstić information content (AvgIpc) is 1.98. The summed E-state index contributed by atoms with van der Waals surface area (Å²) in [4.78, 5) is 0. The third kappa shape index (κ3) is 2.47. The number of halogens is 1. The number of hydrogen-bond donors (Lipinski definition) is 0. The Kier molecular flexibility index (Phi) is 3.37. The zero-order valence-electron chi connectivity index (χ0n) is 7.02. The third-order valence-electron chi connectivity index (χ3n) is 1.77. The molecular formula is C10H13I. The van der Waals surface area contributed by atoms with Crippen LogP contribution in [0.4, 0.5) is 0 Å². The fourth-order valence-corrected chi connectivity index (χ4v) is 1.66. The van der Waals surface area contributed by atoms with Gasteiger partial charge in [-0.3, -0.25) is 0 Å². The van der Waals surface area contributed by atoms with Crippen LogP contribution in [0.25, 0.3) is 0 Å². The lowest BCUT2D eigenvalue weighted by molar-refractivity contribution is 0.920. The molecule has 0 amide bonds. The van der Waals surface area contributed by atoms with Crippen LogP contribution in [0.15, 0.2) is 18.2 Å². The molecule has 0 heterocycles. The van der Waals surface area contributed by atoms with Gasteiger partial charge < -0.3 is 0 Å². The van der Waals surface area contributed by atoms with E-state index in [2.05, 4.69) is 54.6 Å². The molecule has 1 aromatic carbocycles. The van der Waals surface area contributed by atoms with Gasteiger partial charge in [0.1, 0.15) is 0 Å². The summed E-state index contributed by atoms with van der Waals surface area (Å²) in [5, 5.41) is 0. The first-order valence-electron chi connectivity index (χ1n) is 3.99. The Morgan fingerprint density at radius 2 is 2.09 bits per heavy atom. The molecule has 1 heteroatoms. The maximum Gasteiger partial charge on any atom is 0.0162 e. The van der Waals surface area contributed by atoms with Crippen molar-refractivity contribution in [3.8, 4) is 0 Å². The van der Waals surface area contributed by atoms with Crippen molar-refractivity contribution in [1.82, 2.24) is 0 Å². The molecular weight excluding hydrogens is 247 g/mol. The lowest BCUT2D eigenvalue weighted by Gasteiger charge is -2.01. The molecule has 0 fully saturated rings. The summed E-state index contributed by atoms with van der Waals surface area (Å²) >= 11 is 2.39. The van der Waals surface area contributed by atoms with Crippen molar-refractivity contribution in [2.45, 2.75) is 26.7 Å². The maximum absolute atomic E-state index is 2.39. The summed E-state index contributed by atoms with van der Waals surface area (Å²) in [6.45, 7) is 4.37. The molecule has 0 nitrogen and oxygen atoms in total. The van der Waals surface area contributed by atoms with Gasteiger partial charge in [0.05, 0.1) is 0 Å². The molecule has 0 saturated heterocycles. The van der Waals surface area contributed by atoms with E-state index in [-0.39, 0.29) is 0 Å². The molecule has 0 N–H and O–H groups in total. The first kappa shape index (κ1) is 9.04. The summed E-state index contributed by atoms with van der Waals surface area (Å²) in [7, 11) is 0. The molecule has 0 saturated carbocycles. The summed E-state index contributed by atoms with van der Waals surface area (Å²) < 4.78 is 1.38. The molecule has 0 bridgehead atoms. The Morgan fingerprint density at radius 3 is 2.64 bits per heavy atom. The smallest absolute Gasteiger partial charge is 0.0162 e. The summed E-state index contributed by atoms with van der Waals surface area (Å²) in [6, 6.07) is 6.70. The van der Waals surface area contributed by atoms with Gasteiger partial charge in [-0.2, -0.15) is 0 Å². The Balaban J connectivity index is 2.86. The van der Waals surface area contributed by atoms with E-state index in [1.807, 2.05) is 0 Å². The summed E-state index contributed by atoms with van der Waals surface area (Å²) in [5.41, 5.74) is 2.84. The molecule has 0 aliphatic heterocycles. The summed E-state index contributed by atoms with van der Waals surface area (Å²) in [6.07, 6.45) is 2.44. The Morgan fingerprint density at radius 1 is 1.36 bits per heavy atom. The van der Waals surface area contributed by atoms with Crippen LogP contribution in [-0.2, 0) is 6.42 Å². The zero-order valence-corrected chi connectivity index (χ0v) is 9.18. The van der Waals surface area contributed by atoms with E-state index in [0.717, 1.165) is 0 Å². The second-order valence-corrected chi connectivity index (χ2v) is 4.00. The molecule has 1 aromatic rings. The van der Waals surface area contributed by atoms with Crippen molar-refractivity contribution in [2.24, 2.45) is 0 Å². The minimum absolute atomic E-state index is 1.20. The van der Waals surface area contributed by atoms with Crippen LogP contribution in [0.1, 0.15) is 24.5 Å². The van der Waals surface area contributed by atoms with Gasteiger partial charge in [0.25, 0.3) is 0 Å². The van der Waals surface area contributed by atoms with Gasteiger partial charge in [0.15, 0.2) is 0 Å². The Hall–Kier alpha value is -0.0500. The molecule has 0 unspecified atom stereocenters. The summed E-state index contributed by atoms with van der Waals surface area (Å²) in [5.74, 6) is 0. The third-order valence-corrected chi connectivity index (χ3v) is 2.94. The molecule has 60 valence electrons. The standard InChI is InChI=1S/C10H13I/c1-3-4-9-6-5-8(2)10(11)7-9/h5-7H,3-4H2,1-2H3. The second-order valence-electron chi connectivity index (χ2n) is 2.83. The van der Waals surface area contributed by atoms with Crippen molar-refractivity contribution in [3.05, 3.63) is 32.9 Å². The lowest BCUT2D eigenvalue weighted by atomic mass is 10.1. The highest BCUT2D eigenvalue weighted by molar-refractivity contribution is 14.1. The SMILES string of the molecule is CCCc1ccc(C)c(I)c1. The quantitative estimate of drug-likeness (QED) is 0.713. The van der Waals surface area contributed by atoms with Crippen molar-refractivity contribution in [2.75, 3.05) is 0 Å². The van der Waals surface area contributed by atoms with Crippen molar-refractivity contribution in [3.63, 3.8) is 0 Å². The Bertz CT molecular complexity index is 241. The zero-order chi connectivity index (χ0) is 8.27. The largest absolute Gasteiger partial charge is 0.0651 e. The van der Waals surface area contributed by atoms with Gasteiger partial charge >= 0.3 is 0 Å². The predicted molar refractivity (Wildman–Crippen MR) is 57.9 cm³/mol. The van der Waals surface area contributed by atoms with Crippen LogP contribution in [0.3, 0.4) is 0 Å². The number of rotatable bonds is 2. The first-order chi connectivity index (χ1) is 5.24. The van der Waals surface area contributed by atoms with Crippen molar-refractivity contribution < 1.29 is 0 Å². The number of benzene rings is 1. The first-order valence-corrected chi connectivity index (χ1v) is 5.07. The van der Waals surface area contributed by atoms with Gasteiger partial charge in [-0.25, -0.2) is 0 Å². The minimum atomic E-state index is 1.20. The van der Waals surface area contributed by atoms with Crippen LogP contribution < -0.4 is 0 Å². The highest BCUT2D eigenvalue weighted by atomic mass is 127. The molecule has 0 atom stereocenters. The number of hydrogen-bond acceptors (Lipinski definition) is 0. The van der Waals surface area contributed by atoms with E-state index in [9.17, 15) is 0 Å². The van der Waals surface area contributed by atoms with E-state index < -0.39 is 0 Å². The number of aryl methyl sites for hydroxylation is 2. The molecule has 1 rings (SSSR count). The lowest BCUT2D eigenvalue weighted by Crippen LogP contribution is -1.86. The predicted octanol–water partition coefficient (Wildman–Crippen LogP) is 3.55.